The van der Waals surface area contributed by atoms with Crippen LogP contribution in [0.4, 0.5) is 0 Å². The first-order valence-corrected chi connectivity index (χ1v) is 4.55. The van der Waals surface area contributed by atoms with E-state index < -0.39 is 0 Å². The Morgan fingerprint density at radius 2 is 2.25 bits per heavy atom. The summed E-state index contributed by atoms with van der Waals surface area (Å²) in [6.45, 7) is 2.05. The molecule has 1 N–H and O–H groups in total. The van der Waals surface area contributed by atoms with Gasteiger partial charge >= 0.3 is 0 Å². The van der Waals surface area contributed by atoms with Gasteiger partial charge < -0.3 is 5.11 Å². The predicted octanol–water partition coefficient (Wildman–Crippen LogP) is 3.17. The van der Waals surface area contributed by atoms with Gasteiger partial charge in [-0.3, -0.25) is 0 Å². The highest BCUT2D eigenvalue weighted by Crippen LogP contribution is 2.20. The molecule has 0 heterocycles. The highest BCUT2D eigenvalue weighted by atomic mass is 35.5. The third-order valence-electron chi connectivity index (χ3n) is 1.80. The van der Waals surface area contributed by atoms with Crippen molar-refractivity contribution in [2.45, 2.75) is 25.9 Å². The minimum atomic E-state index is -0.367. The van der Waals surface area contributed by atoms with Gasteiger partial charge in [-0.15, -0.1) is 0 Å². The largest absolute Gasteiger partial charge is 0.388 e. The lowest BCUT2D eigenvalue weighted by Crippen LogP contribution is -1.95. The zero-order valence-corrected chi connectivity index (χ0v) is 7.88. The van der Waals surface area contributed by atoms with Gasteiger partial charge in [-0.05, 0) is 24.1 Å². The molecule has 0 bridgehead atoms. The Labute approximate surface area is 78.0 Å². The Hall–Kier alpha value is -0.530. The van der Waals surface area contributed by atoms with Crippen LogP contribution in [-0.4, -0.2) is 5.11 Å². The molecule has 0 saturated heterocycles. The van der Waals surface area contributed by atoms with Crippen LogP contribution in [0, 0.1) is 0 Å². The summed E-state index contributed by atoms with van der Waals surface area (Å²) in [6, 6.07) is 7.37. The number of benzene rings is 1. The Kier molecular flexibility index (Phi) is 3.57. The van der Waals surface area contributed by atoms with Gasteiger partial charge in [0.05, 0.1) is 6.10 Å². The third-order valence-corrected chi connectivity index (χ3v) is 2.03. The van der Waals surface area contributed by atoms with E-state index in [-0.39, 0.29) is 6.10 Å². The zero-order valence-electron chi connectivity index (χ0n) is 7.13. The first-order valence-electron chi connectivity index (χ1n) is 4.17. The first kappa shape index (κ1) is 9.56. The minimum Gasteiger partial charge on any atom is -0.388 e. The summed E-state index contributed by atoms with van der Waals surface area (Å²) in [6.07, 6.45) is 1.40. The molecule has 1 rings (SSSR count). The Bertz CT molecular complexity index is 247. The third kappa shape index (κ3) is 2.50. The van der Waals surface area contributed by atoms with E-state index in [2.05, 4.69) is 0 Å². The molecule has 0 amide bonds. The number of hydrogen-bond donors (Lipinski definition) is 1. The van der Waals surface area contributed by atoms with Gasteiger partial charge in [0.15, 0.2) is 0 Å². The van der Waals surface area contributed by atoms with E-state index >= 15 is 0 Å². The summed E-state index contributed by atoms with van der Waals surface area (Å²) in [7, 11) is 0. The maximum Gasteiger partial charge on any atom is 0.0790 e. The molecule has 1 aromatic carbocycles. The molecule has 0 aromatic heterocycles. The molecule has 12 heavy (non-hydrogen) atoms. The molecule has 1 atom stereocenters. The van der Waals surface area contributed by atoms with Gasteiger partial charge in [-0.25, -0.2) is 0 Å². The second-order valence-corrected chi connectivity index (χ2v) is 3.30. The fourth-order valence-corrected chi connectivity index (χ4v) is 1.35. The summed E-state index contributed by atoms with van der Waals surface area (Å²) >= 11 is 5.78. The molecular formula is C10H13ClO. The molecule has 0 fully saturated rings. The molecule has 1 aromatic rings. The Balaban J connectivity index is 2.73. The van der Waals surface area contributed by atoms with Crippen LogP contribution >= 0.6 is 11.6 Å². The van der Waals surface area contributed by atoms with Crippen molar-refractivity contribution in [2.24, 2.45) is 0 Å². The first-order chi connectivity index (χ1) is 5.74. The maximum atomic E-state index is 9.59. The second kappa shape index (κ2) is 4.48. The average molecular weight is 185 g/mol. The van der Waals surface area contributed by atoms with E-state index in [4.69, 9.17) is 11.6 Å². The van der Waals surface area contributed by atoms with Crippen molar-refractivity contribution in [1.82, 2.24) is 0 Å². The SMILES string of the molecule is CCC[C@H](O)c1cccc(Cl)c1. The number of aliphatic hydroxyl groups is 1. The van der Waals surface area contributed by atoms with Crippen molar-refractivity contribution in [3.05, 3.63) is 34.9 Å². The molecule has 0 unspecified atom stereocenters. The summed E-state index contributed by atoms with van der Waals surface area (Å²) < 4.78 is 0. The highest BCUT2D eigenvalue weighted by Gasteiger charge is 2.05. The van der Waals surface area contributed by atoms with Crippen LogP contribution in [0.1, 0.15) is 31.4 Å². The van der Waals surface area contributed by atoms with Crippen molar-refractivity contribution < 1.29 is 5.11 Å². The lowest BCUT2D eigenvalue weighted by Gasteiger charge is -2.08. The molecule has 0 saturated carbocycles. The zero-order chi connectivity index (χ0) is 8.97. The van der Waals surface area contributed by atoms with E-state index in [9.17, 15) is 5.11 Å². The lowest BCUT2D eigenvalue weighted by atomic mass is 10.1. The Morgan fingerprint density at radius 3 is 2.83 bits per heavy atom. The lowest BCUT2D eigenvalue weighted by molar-refractivity contribution is 0.166. The predicted molar refractivity (Wildman–Crippen MR) is 51.3 cm³/mol. The van der Waals surface area contributed by atoms with Crippen LogP contribution in [-0.2, 0) is 0 Å². The summed E-state index contributed by atoms with van der Waals surface area (Å²) in [5, 5.41) is 10.3. The molecule has 66 valence electrons. The van der Waals surface area contributed by atoms with Crippen LogP contribution in [0.5, 0.6) is 0 Å². The monoisotopic (exact) mass is 184 g/mol. The number of rotatable bonds is 3. The molecule has 0 aliphatic rings. The number of aliphatic hydroxyl groups excluding tert-OH is 1. The standard InChI is InChI=1S/C10H13ClO/c1-2-4-10(12)8-5-3-6-9(11)7-8/h3,5-7,10,12H,2,4H2,1H3/t10-/m0/s1. The number of hydrogen-bond acceptors (Lipinski definition) is 1. The summed E-state index contributed by atoms with van der Waals surface area (Å²) in [4.78, 5) is 0. The molecule has 0 spiro atoms. The van der Waals surface area contributed by atoms with Gasteiger partial charge in [-0.2, -0.15) is 0 Å². The van der Waals surface area contributed by atoms with Gasteiger partial charge in [0, 0.05) is 5.02 Å². The molecule has 2 heteroatoms. The van der Waals surface area contributed by atoms with Crippen LogP contribution in [0.15, 0.2) is 24.3 Å². The average Bonchev–Trinajstić information content (AvgIpc) is 2.05. The quantitative estimate of drug-likeness (QED) is 0.765. The van der Waals surface area contributed by atoms with Crippen molar-refractivity contribution in [3.63, 3.8) is 0 Å². The minimum absolute atomic E-state index is 0.367. The second-order valence-electron chi connectivity index (χ2n) is 2.86. The van der Waals surface area contributed by atoms with Crippen molar-refractivity contribution in [1.29, 1.82) is 0 Å². The van der Waals surface area contributed by atoms with E-state index in [0.29, 0.717) is 5.02 Å². The summed E-state index contributed by atoms with van der Waals surface area (Å²) in [5.41, 5.74) is 0.907. The Morgan fingerprint density at radius 1 is 1.50 bits per heavy atom. The maximum absolute atomic E-state index is 9.59. The van der Waals surface area contributed by atoms with Crippen LogP contribution < -0.4 is 0 Å². The van der Waals surface area contributed by atoms with Crippen LogP contribution in [0.25, 0.3) is 0 Å². The number of halogens is 1. The highest BCUT2D eigenvalue weighted by molar-refractivity contribution is 6.30. The van der Waals surface area contributed by atoms with Gasteiger partial charge in [0.1, 0.15) is 0 Å². The molecule has 1 nitrogen and oxygen atoms in total. The van der Waals surface area contributed by atoms with E-state index in [0.717, 1.165) is 18.4 Å². The van der Waals surface area contributed by atoms with Crippen molar-refractivity contribution in [3.8, 4) is 0 Å². The van der Waals surface area contributed by atoms with Crippen molar-refractivity contribution in [2.75, 3.05) is 0 Å². The molecule has 0 aliphatic heterocycles. The molecule has 0 aliphatic carbocycles. The van der Waals surface area contributed by atoms with Crippen LogP contribution in [0.2, 0.25) is 5.02 Å². The van der Waals surface area contributed by atoms with Crippen LogP contribution in [0.3, 0.4) is 0 Å². The van der Waals surface area contributed by atoms with E-state index in [1.54, 1.807) is 0 Å². The molecule has 0 radical (unpaired) electrons. The fourth-order valence-electron chi connectivity index (χ4n) is 1.15. The summed E-state index contributed by atoms with van der Waals surface area (Å²) in [5.74, 6) is 0. The van der Waals surface area contributed by atoms with E-state index in [1.165, 1.54) is 0 Å². The van der Waals surface area contributed by atoms with Gasteiger partial charge in [0.25, 0.3) is 0 Å². The molecular weight excluding hydrogens is 172 g/mol. The fraction of sp³-hybridized carbons (Fsp3) is 0.400. The normalized spacial score (nSPS) is 12.9. The van der Waals surface area contributed by atoms with Gasteiger partial charge in [-0.1, -0.05) is 37.1 Å². The smallest absolute Gasteiger partial charge is 0.0790 e. The topological polar surface area (TPSA) is 20.2 Å². The van der Waals surface area contributed by atoms with Gasteiger partial charge in [0.2, 0.25) is 0 Å². The van der Waals surface area contributed by atoms with E-state index in [1.807, 2.05) is 31.2 Å². The van der Waals surface area contributed by atoms with Crippen molar-refractivity contribution >= 4 is 11.6 Å².